The summed E-state index contributed by atoms with van der Waals surface area (Å²) in [5.74, 6) is 0.591. The van der Waals surface area contributed by atoms with E-state index < -0.39 is 0 Å². The molecule has 0 saturated carbocycles. The molecule has 1 N–H and O–H groups in total. The van der Waals surface area contributed by atoms with Gasteiger partial charge in [0.15, 0.2) is 0 Å². The number of quaternary nitrogens is 1. The van der Waals surface area contributed by atoms with E-state index in [1.165, 1.54) is 41.7 Å². The van der Waals surface area contributed by atoms with Gasteiger partial charge in [0.05, 0.1) is 19.6 Å². The summed E-state index contributed by atoms with van der Waals surface area (Å²) in [6.07, 6.45) is 2.36. The molecule has 1 aromatic carbocycles. The van der Waals surface area contributed by atoms with Crippen molar-refractivity contribution in [1.29, 1.82) is 0 Å². The molecule has 0 radical (unpaired) electrons. The molecular formula is C15H22NO+. The van der Waals surface area contributed by atoms with Gasteiger partial charge in [0.1, 0.15) is 12.6 Å². The molecule has 1 aromatic rings. The van der Waals surface area contributed by atoms with Crippen LogP contribution < -0.4 is 0 Å². The van der Waals surface area contributed by atoms with E-state index in [1.807, 2.05) is 0 Å². The molecule has 2 saturated heterocycles. The molecule has 0 aromatic heterocycles. The van der Waals surface area contributed by atoms with Gasteiger partial charge in [-0.05, 0) is 12.5 Å². The molecule has 0 spiro atoms. The van der Waals surface area contributed by atoms with Gasteiger partial charge in [-0.15, -0.1) is 0 Å². The van der Waals surface area contributed by atoms with Crippen molar-refractivity contribution in [1.82, 2.24) is 0 Å². The summed E-state index contributed by atoms with van der Waals surface area (Å²) >= 11 is 0. The molecular weight excluding hydrogens is 210 g/mol. The summed E-state index contributed by atoms with van der Waals surface area (Å²) in [5.41, 5.74) is 2.77. The molecule has 3 atom stereocenters. The van der Waals surface area contributed by atoms with Crippen LogP contribution in [0.2, 0.25) is 0 Å². The zero-order valence-corrected chi connectivity index (χ0v) is 10.6. The van der Waals surface area contributed by atoms with E-state index in [0.29, 0.717) is 5.92 Å². The second-order valence-electron chi connectivity index (χ2n) is 6.01. The molecule has 92 valence electrons. The van der Waals surface area contributed by atoms with E-state index in [-0.39, 0.29) is 6.10 Å². The van der Waals surface area contributed by atoms with E-state index in [1.54, 1.807) is 0 Å². The van der Waals surface area contributed by atoms with Crippen molar-refractivity contribution in [2.45, 2.75) is 25.9 Å². The van der Waals surface area contributed by atoms with Crippen LogP contribution in [0.4, 0.5) is 0 Å². The maximum absolute atomic E-state index is 9.90. The van der Waals surface area contributed by atoms with Crippen LogP contribution in [0.1, 0.15) is 17.5 Å². The van der Waals surface area contributed by atoms with Gasteiger partial charge < -0.3 is 9.59 Å². The number of nitrogens with zero attached hydrogens (tertiary/aromatic N) is 1. The molecule has 2 heteroatoms. The zero-order chi connectivity index (χ0) is 11.9. The molecule has 2 aliphatic rings. The average Bonchev–Trinajstić information content (AvgIpc) is 2.86. The average molecular weight is 232 g/mol. The highest BCUT2D eigenvalue weighted by Gasteiger charge is 2.49. The molecule has 3 rings (SSSR count). The van der Waals surface area contributed by atoms with Gasteiger partial charge >= 0.3 is 0 Å². The van der Waals surface area contributed by atoms with Crippen LogP contribution in [0, 0.1) is 12.8 Å². The molecule has 3 unspecified atom stereocenters. The fourth-order valence-electron chi connectivity index (χ4n) is 3.56. The van der Waals surface area contributed by atoms with Crippen LogP contribution in [0.25, 0.3) is 0 Å². The van der Waals surface area contributed by atoms with Crippen LogP contribution in [-0.4, -0.2) is 41.9 Å². The standard InChI is InChI=1S/C15H22NO/c1-12-2-4-13(5-3-12)6-8-16-9-7-14(10-16)15(17)11-16/h2-5,14-15,17H,6-11H2,1H3/q+1. The number of hydrogen-bond acceptors (Lipinski definition) is 1. The fourth-order valence-corrected chi connectivity index (χ4v) is 3.56. The van der Waals surface area contributed by atoms with Crippen LogP contribution in [-0.2, 0) is 6.42 Å². The normalized spacial score (nSPS) is 35.4. The van der Waals surface area contributed by atoms with Gasteiger partial charge in [-0.25, -0.2) is 0 Å². The maximum Gasteiger partial charge on any atom is 0.111 e. The Balaban J connectivity index is 1.63. The smallest absolute Gasteiger partial charge is 0.111 e. The minimum absolute atomic E-state index is 0.0261. The van der Waals surface area contributed by atoms with Crippen LogP contribution >= 0.6 is 0 Å². The molecule has 2 heterocycles. The van der Waals surface area contributed by atoms with Crippen molar-refractivity contribution in [3.8, 4) is 0 Å². The first-order valence-corrected chi connectivity index (χ1v) is 6.76. The van der Waals surface area contributed by atoms with Crippen LogP contribution in [0.5, 0.6) is 0 Å². The molecule has 2 bridgehead atoms. The Morgan fingerprint density at radius 2 is 2.00 bits per heavy atom. The third kappa shape index (κ3) is 2.12. The molecule has 2 fully saturated rings. The number of rotatable bonds is 3. The van der Waals surface area contributed by atoms with E-state index in [4.69, 9.17) is 0 Å². The third-order valence-corrected chi connectivity index (χ3v) is 4.71. The second-order valence-corrected chi connectivity index (χ2v) is 6.01. The summed E-state index contributed by atoms with van der Waals surface area (Å²) in [5, 5.41) is 9.90. The first-order chi connectivity index (χ1) is 8.17. The van der Waals surface area contributed by atoms with Crippen molar-refractivity contribution < 1.29 is 9.59 Å². The first kappa shape index (κ1) is 11.2. The Bertz CT molecular complexity index is 396. The van der Waals surface area contributed by atoms with Crippen molar-refractivity contribution in [2.24, 2.45) is 5.92 Å². The number of fused-ring (bicyclic) bond motifs is 2. The van der Waals surface area contributed by atoms with Crippen molar-refractivity contribution in [3.05, 3.63) is 35.4 Å². The van der Waals surface area contributed by atoms with Gasteiger partial charge in [-0.1, -0.05) is 29.8 Å². The summed E-state index contributed by atoms with van der Waals surface area (Å²) in [4.78, 5) is 0. The molecule has 17 heavy (non-hydrogen) atoms. The van der Waals surface area contributed by atoms with Gasteiger partial charge in [0.2, 0.25) is 0 Å². The summed E-state index contributed by atoms with van der Waals surface area (Å²) in [6.45, 7) is 6.83. The predicted molar refractivity (Wildman–Crippen MR) is 68.7 cm³/mol. The Morgan fingerprint density at radius 1 is 1.24 bits per heavy atom. The summed E-state index contributed by atoms with van der Waals surface area (Å²) < 4.78 is 1.17. The lowest BCUT2D eigenvalue weighted by Crippen LogP contribution is -2.47. The topological polar surface area (TPSA) is 20.2 Å². The monoisotopic (exact) mass is 232 g/mol. The maximum atomic E-state index is 9.90. The number of aryl methyl sites for hydroxylation is 1. The minimum Gasteiger partial charge on any atom is -0.387 e. The Morgan fingerprint density at radius 3 is 2.59 bits per heavy atom. The summed E-state index contributed by atoms with van der Waals surface area (Å²) in [7, 11) is 0. The number of piperidine rings is 1. The highest BCUT2D eigenvalue weighted by Crippen LogP contribution is 2.35. The molecule has 2 nitrogen and oxygen atoms in total. The van der Waals surface area contributed by atoms with Crippen molar-refractivity contribution in [2.75, 3.05) is 26.2 Å². The van der Waals surface area contributed by atoms with E-state index in [0.717, 1.165) is 13.0 Å². The Hall–Kier alpha value is -0.860. The van der Waals surface area contributed by atoms with Gasteiger partial charge in [0.25, 0.3) is 0 Å². The van der Waals surface area contributed by atoms with Gasteiger partial charge in [-0.3, -0.25) is 0 Å². The zero-order valence-electron chi connectivity index (χ0n) is 10.6. The van der Waals surface area contributed by atoms with Crippen molar-refractivity contribution >= 4 is 0 Å². The summed E-state index contributed by atoms with van der Waals surface area (Å²) in [6, 6.07) is 8.88. The van der Waals surface area contributed by atoms with E-state index >= 15 is 0 Å². The van der Waals surface area contributed by atoms with E-state index in [9.17, 15) is 5.11 Å². The lowest BCUT2D eigenvalue weighted by Gasteiger charge is -2.32. The van der Waals surface area contributed by atoms with E-state index in [2.05, 4.69) is 31.2 Å². The number of aliphatic hydroxyl groups is 1. The predicted octanol–water partition coefficient (Wildman–Crippen LogP) is 1.75. The number of aliphatic hydroxyl groups excluding tert-OH is 1. The Kier molecular flexibility index (Phi) is 2.72. The highest BCUT2D eigenvalue weighted by molar-refractivity contribution is 5.21. The molecule has 2 aliphatic heterocycles. The lowest BCUT2D eigenvalue weighted by atomic mass is 10.0. The quantitative estimate of drug-likeness (QED) is 0.787. The minimum atomic E-state index is -0.0261. The van der Waals surface area contributed by atoms with Gasteiger partial charge in [0, 0.05) is 18.8 Å². The third-order valence-electron chi connectivity index (χ3n) is 4.71. The highest BCUT2D eigenvalue weighted by atomic mass is 16.3. The van der Waals surface area contributed by atoms with Crippen molar-refractivity contribution in [3.63, 3.8) is 0 Å². The second kappa shape index (κ2) is 4.11. The lowest BCUT2D eigenvalue weighted by molar-refractivity contribution is -0.910. The molecule has 0 aliphatic carbocycles. The van der Waals surface area contributed by atoms with Gasteiger partial charge in [-0.2, -0.15) is 0 Å². The van der Waals surface area contributed by atoms with Crippen LogP contribution in [0.15, 0.2) is 24.3 Å². The first-order valence-electron chi connectivity index (χ1n) is 6.76. The number of benzene rings is 1. The Labute approximate surface area is 103 Å². The fraction of sp³-hybridized carbons (Fsp3) is 0.600. The molecule has 0 amide bonds. The number of hydrogen-bond donors (Lipinski definition) is 1. The van der Waals surface area contributed by atoms with Crippen LogP contribution in [0.3, 0.4) is 0 Å². The SMILES string of the molecule is Cc1ccc(CC[N+]23CCC(C2)C(O)C3)cc1. The largest absolute Gasteiger partial charge is 0.387 e.